The topological polar surface area (TPSA) is 22.8 Å². The van der Waals surface area contributed by atoms with E-state index in [0.717, 1.165) is 11.2 Å². The summed E-state index contributed by atoms with van der Waals surface area (Å²) in [6.07, 6.45) is 3.90. The summed E-state index contributed by atoms with van der Waals surface area (Å²) in [5, 5.41) is 15.8. The molecule has 14 rings (SSSR count). The van der Waals surface area contributed by atoms with Gasteiger partial charge in [-0.05, 0) is 81.4 Å². The molecule has 0 fully saturated rings. The maximum Gasteiger partial charge on any atom is 0.182 e. The number of hydrogen-bond donors (Lipinski definition) is 0. The number of pyridine rings is 1. The molecule has 0 unspecified atom stereocenters. The van der Waals surface area contributed by atoms with Crippen molar-refractivity contribution in [2.75, 3.05) is 0 Å². The van der Waals surface area contributed by atoms with Gasteiger partial charge in [0.15, 0.2) is 8.07 Å². The molecule has 0 saturated heterocycles. The molecule has 14 aromatic rings. The van der Waals surface area contributed by atoms with Gasteiger partial charge in [-0.25, -0.2) is 0 Å². The van der Waals surface area contributed by atoms with Crippen LogP contribution in [0.5, 0.6) is 0 Å². The average Bonchev–Trinajstić information content (AvgIpc) is 4.13. The van der Waals surface area contributed by atoms with Gasteiger partial charge in [-0.15, -0.1) is 22.7 Å². The van der Waals surface area contributed by atoms with Gasteiger partial charge < -0.3 is 9.13 Å². The first-order valence-electron chi connectivity index (χ1n) is 22.1. The molecule has 9 aromatic carbocycles. The molecule has 0 amide bonds. The van der Waals surface area contributed by atoms with E-state index in [0.29, 0.717) is 0 Å². The van der Waals surface area contributed by atoms with Crippen molar-refractivity contribution >= 4 is 135 Å². The second-order valence-corrected chi connectivity index (χ2v) is 22.9. The van der Waals surface area contributed by atoms with E-state index in [-0.39, 0.29) is 0 Å². The highest BCUT2D eigenvalue weighted by atomic mass is 32.1. The molecule has 3 nitrogen and oxygen atoms in total. The van der Waals surface area contributed by atoms with Crippen molar-refractivity contribution in [2.45, 2.75) is 0 Å². The van der Waals surface area contributed by atoms with E-state index >= 15 is 0 Å². The Morgan fingerprint density at radius 1 is 0.338 bits per heavy atom. The van der Waals surface area contributed by atoms with Crippen molar-refractivity contribution in [3.05, 3.63) is 225 Å². The average molecular weight is 880 g/mol. The number of benzene rings is 9. The second-order valence-electron chi connectivity index (χ2n) is 17.0. The maximum absolute atomic E-state index is 4.58. The van der Waals surface area contributed by atoms with Crippen molar-refractivity contribution in [3.8, 4) is 11.4 Å². The lowest BCUT2D eigenvalue weighted by Crippen LogP contribution is -2.74. The quantitative estimate of drug-likeness (QED) is 0.121. The van der Waals surface area contributed by atoms with E-state index in [1.165, 1.54) is 105 Å². The summed E-state index contributed by atoms with van der Waals surface area (Å²) in [6, 6.07) is 79.7. The van der Waals surface area contributed by atoms with Gasteiger partial charge in [0.1, 0.15) is 0 Å². The lowest BCUT2D eigenvalue weighted by atomic mass is 10.1. The number of aromatic nitrogens is 3. The molecule has 0 radical (unpaired) electrons. The summed E-state index contributed by atoms with van der Waals surface area (Å²) >= 11 is 3.88. The summed E-state index contributed by atoms with van der Waals surface area (Å²) in [5.41, 5.74) is 7.08. The van der Waals surface area contributed by atoms with Crippen LogP contribution in [-0.2, 0) is 0 Å². The molecule has 6 heteroatoms. The van der Waals surface area contributed by atoms with Crippen molar-refractivity contribution < 1.29 is 0 Å². The Kier molecular flexibility index (Phi) is 8.04. The highest BCUT2D eigenvalue weighted by Crippen LogP contribution is 2.41. The Hall–Kier alpha value is -7.61. The van der Waals surface area contributed by atoms with Crippen LogP contribution in [0, 0.1) is 0 Å². The highest BCUT2D eigenvalue weighted by molar-refractivity contribution is 7.33. The number of para-hydroxylation sites is 3. The number of fused-ring (bicyclic) bond motifs is 12. The van der Waals surface area contributed by atoms with E-state index in [2.05, 4.69) is 226 Å². The highest BCUT2D eigenvalue weighted by Gasteiger charge is 2.44. The zero-order chi connectivity index (χ0) is 42.6. The molecular weight excluding hydrogens is 843 g/mol. The molecule has 0 bridgehead atoms. The molecule has 0 atom stereocenters. The zero-order valence-electron chi connectivity index (χ0n) is 35.0. The van der Waals surface area contributed by atoms with Crippen LogP contribution in [0.4, 0.5) is 0 Å². The fourth-order valence-electron chi connectivity index (χ4n) is 11.0. The lowest BCUT2D eigenvalue weighted by Gasteiger charge is -2.35. The lowest BCUT2D eigenvalue weighted by molar-refractivity contribution is 1.17. The monoisotopic (exact) mass is 879 g/mol. The van der Waals surface area contributed by atoms with Gasteiger partial charge in [0.25, 0.3) is 0 Å². The normalized spacial score (nSPS) is 12.3. The standard InChI is InChI=1S/C59H37N3S2Si/c1-3-15-40(16-4-1)65(41-17-5-2-6-18-41,56-27-13-22-46-48-35-38(29-31-54(48)63-58(46)56)61-50-24-10-7-19-42(50)43-20-8-11-25-51(43)61)57-28-14-23-47-49-36-39(30-32-55(49)64-59(47)57)62-52-26-12-9-21-44(52)45-33-34-60-37-53(45)62/h1-37H. The fraction of sp³-hybridized carbons (Fsp3) is 0. The predicted molar refractivity (Wildman–Crippen MR) is 282 cm³/mol. The van der Waals surface area contributed by atoms with Crippen LogP contribution < -0.4 is 20.7 Å². The fourth-order valence-corrected chi connectivity index (χ4v) is 19.4. The summed E-state index contributed by atoms with van der Waals surface area (Å²) in [5.74, 6) is 0. The minimum Gasteiger partial charge on any atom is -0.309 e. The van der Waals surface area contributed by atoms with E-state index in [4.69, 9.17) is 0 Å². The molecule has 65 heavy (non-hydrogen) atoms. The molecule has 5 aromatic heterocycles. The van der Waals surface area contributed by atoms with Crippen molar-refractivity contribution in [1.82, 2.24) is 14.1 Å². The Labute approximate surface area is 383 Å². The Morgan fingerprint density at radius 2 is 0.754 bits per heavy atom. The number of thiophene rings is 2. The van der Waals surface area contributed by atoms with Crippen molar-refractivity contribution in [3.63, 3.8) is 0 Å². The Balaban J connectivity index is 1.04. The van der Waals surface area contributed by atoms with Crippen LogP contribution in [0.2, 0.25) is 0 Å². The van der Waals surface area contributed by atoms with E-state index in [1.54, 1.807) is 0 Å². The third-order valence-corrected chi connectivity index (χ3v) is 21.4. The molecular formula is C59H37N3S2Si. The molecule has 0 spiro atoms. The first kappa shape index (κ1) is 36.8. The minimum absolute atomic E-state index is 1.12. The largest absolute Gasteiger partial charge is 0.309 e. The summed E-state index contributed by atoms with van der Waals surface area (Å²) in [7, 11) is -3.03. The van der Waals surface area contributed by atoms with Crippen molar-refractivity contribution in [1.29, 1.82) is 0 Å². The van der Waals surface area contributed by atoms with E-state index in [1.807, 2.05) is 35.1 Å². The van der Waals surface area contributed by atoms with Crippen LogP contribution >= 0.6 is 22.7 Å². The number of hydrogen-bond acceptors (Lipinski definition) is 3. The SMILES string of the molecule is c1ccc([Si](c2ccccc2)(c2cccc3c2sc2ccc(-n4c5ccccc5c5ccccc54)cc23)c2cccc3c2sc2ccc(-n4c5ccccc5c5ccncc54)cc23)cc1. The third kappa shape index (κ3) is 5.24. The van der Waals surface area contributed by atoms with Crippen molar-refractivity contribution in [2.24, 2.45) is 0 Å². The third-order valence-electron chi connectivity index (χ3n) is 13.8. The van der Waals surface area contributed by atoms with Gasteiger partial charge >= 0.3 is 0 Å². The van der Waals surface area contributed by atoms with E-state index < -0.39 is 8.07 Å². The molecule has 5 heterocycles. The number of rotatable bonds is 6. The zero-order valence-corrected chi connectivity index (χ0v) is 37.7. The van der Waals surface area contributed by atoms with Gasteiger partial charge in [-0.2, -0.15) is 0 Å². The molecule has 0 saturated carbocycles. The Bertz CT molecular complexity index is 3820. The van der Waals surface area contributed by atoms with Crippen LogP contribution in [0.25, 0.3) is 95.3 Å². The first-order chi connectivity index (χ1) is 32.3. The summed E-state index contributed by atoms with van der Waals surface area (Å²) < 4.78 is 10.1. The van der Waals surface area contributed by atoms with Gasteiger partial charge in [0, 0.05) is 79.5 Å². The van der Waals surface area contributed by atoms with Gasteiger partial charge in [-0.3, -0.25) is 4.98 Å². The summed E-state index contributed by atoms with van der Waals surface area (Å²) in [6.45, 7) is 0. The van der Waals surface area contributed by atoms with Gasteiger partial charge in [-0.1, -0.05) is 152 Å². The Morgan fingerprint density at radius 3 is 1.25 bits per heavy atom. The van der Waals surface area contributed by atoms with Crippen LogP contribution in [0.1, 0.15) is 0 Å². The van der Waals surface area contributed by atoms with Gasteiger partial charge in [0.05, 0.1) is 28.3 Å². The second kappa shape index (κ2) is 14.2. The molecule has 0 aliphatic carbocycles. The molecule has 0 aliphatic rings. The maximum atomic E-state index is 4.58. The van der Waals surface area contributed by atoms with Crippen LogP contribution in [0.3, 0.4) is 0 Å². The van der Waals surface area contributed by atoms with E-state index in [9.17, 15) is 0 Å². The first-order valence-corrected chi connectivity index (χ1v) is 25.7. The predicted octanol–water partition coefficient (Wildman–Crippen LogP) is 13.4. The van der Waals surface area contributed by atoms with Crippen LogP contribution in [0.15, 0.2) is 225 Å². The molecule has 0 aliphatic heterocycles. The molecule has 0 N–H and O–H groups in total. The van der Waals surface area contributed by atoms with Gasteiger partial charge in [0.2, 0.25) is 0 Å². The van der Waals surface area contributed by atoms with Crippen LogP contribution in [-0.4, -0.2) is 22.2 Å². The summed E-state index contributed by atoms with van der Waals surface area (Å²) in [4.78, 5) is 4.58. The smallest absolute Gasteiger partial charge is 0.182 e. The molecule has 304 valence electrons. The number of nitrogens with zero attached hydrogens (tertiary/aromatic N) is 3. The minimum atomic E-state index is -3.03.